The Balaban J connectivity index is 0.000000151. The van der Waals surface area contributed by atoms with Gasteiger partial charge in [0.2, 0.25) is 0 Å². The van der Waals surface area contributed by atoms with Crippen molar-refractivity contribution in [2.45, 2.75) is 38.5 Å². The van der Waals surface area contributed by atoms with Gasteiger partial charge < -0.3 is 0 Å². The van der Waals surface area contributed by atoms with Crippen LogP contribution >= 0.6 is 8.43 Å². The van der Waals surface area contributed by atoms with Crippen molar-refractivity contribution < 1.29 is 8.93 Å². The SMILES string of the molecule is C1=CCCCCCC1.c1cc[pH]ooc1. The molecule has 0 fully saturated rings. The van der Waals surface area contributed by atoms with Crippen molar-refractivity contribution >= 4 is 8.43 Å². The van der Waals surface area contributed by atoms with Gasteiger partial charge in [-0.25, -0.2) is 0 Å². The zero-order valence-electron chi connectivity index (χ0n) is 9.02. The van der Waals surface area contributed by atoms with Crippen molar-refractivity contribution in [1.82, 2.24) is 0 Å². The van der Waals surface area contributed by atoms with Gasteiger partial charge in [0.25, 0.3) is 0 Å². The average molecular weight is 226 g/mol. The van der Waals surface area contributed by atoms with Crippen LogP contribution in [0.4, 0.5) is 0 Å². The van der Waals surface area contributed by atoms with Crippen molar-refractivity contribution in [3.05, 3.63) is 36.3 Å². The maximum absolute atomic E-state index is 4.55. The monoisotopic (exact) mass is 226 g/mol. The number of hydrogen-bond donors (Lipinski definition) is 0. The van der Waals surface area contributed by atoms with Crippen molar-refractivity contribution in [2.24, 2.45) is 0 Å². The third-order valence-corrected chi connectivity index (χ3v) is 2.68. The minimum Gasteiger partial charge on any atom is -0.296 e. The summed E-state index contributed by atoms with van der Waals surface area (Å²) >= 11 is 0. The Kier molecular flexibility index (Phi) is 7.86. The molecule has 0 bridgehead atoms. The smallest absolute Gasteiger partial charge is 0.143 e. The Morgan fingerprint density at radius 2 is 1.60 bits per heavy atom. The largest absolute Gasteiger partial charge is 0.296 e. The molecule has 1 aromatic rings. The predicted octanol–water partition coefficient (Wildman–Crippen LogP) is 4.93. The van der Waals surface area contributed by atoms with Crippen molar-refractivity contribution in [1.29, 1.82) is 0 Å². The molecule has 0 N–H and O–H groups in total. The highest BCUT2D eigenvalue weighted by molar-refractivity contribution is 7.21. The number of allylic oxidation sites excluding steroid dienone is 2. The third kappa shape index (κ3) is 8.14. The molecule has 2 nitrogen and oxygen atoms in total. The van der Waals surface area contributed by atoms with Gasteiger partial charge in [-0.05, 0) is 37.5 Å². The molecule has 0 saturated heterocycles. The van der Waals surface area contributed by atoms with Gasteiger partial charge in [0.05, 0.1) is 8.43 Å². The number of hydrogen-bond acceptors (Lipinski definition) is 2. The van der Waals surface area contributed by atoms with Crippen LogP contribution in [0, 0.1) is 0 Å². The maximum Gasteiger partial charge on any atom is 0.143 e. The van der Waals surface area contributed by atoms with Gasteiger partial charge in [-0.3, -0.25) is 8.93 Å². The third-order valence-electron chi connectivity index (χ3n) is 2.16. The summed E-state index contributed by atoms with van der Waals surface area (Å²) in [6.07, 6.45) is 14.5. The van der Waals surface area contributed by atoms with E-state index in [1.807, 2.05) is 11.9 Å². The fourth-order valence-electron chi connectivity index (χ4n) is 1.37. The Bertz CT molecular complexity index is 220. The van der Waals surface area contributed by atoms with Gasteiger partial charge in [-0.2, -0.15) is 0 Å². The van der Waals surface area contributed by atoms with E-state index in [9.17, 15) is 0 Å². The van der Waals surface area contributed by atoms with Crippen LogP contribution in [0.3, 0.4) is 0 Å². The zero-order valence-corrected chi connectivity index (χ0v) is 10.0. The average Bonchev–Trinajstić information content (AvgIpc) is 2.48. The standard InChI is InChI=1S/C8H14.C4H5O2P/c1-2-4-6-8-7-5-3-1;1-2-4-7-6-5-3-1/h1-2H,3-8H2;1-4,7H. The summed E-state index contributed by atoms with van der Waals surface area (Å²) in [5.74, 6) is 1.89. The first-order valence-electron chi connectivity index (χ1n) is 5.54. The summed E-state index contributed by atoms with van der Waals surface area (Å²) in [7, 11) is 0.329. The molecular formula is C12H19O2P. The van der Waals surface area contributed by atoms with Crippen LogP contribution in [0.25, 0.3) is 0 Å². The van der Waals surface area contributed by atoms with Gasteiger partial charge in [0, 0.05) is 0 Å². The van der Waals surface area contributed by atoms with Crippen LogP contribution in [-0.2, 0) is 0 Å². The zero-order chi connectivity index (χ0) is 10.6. The second kappa shape index (κ2) is 9.67. The first kappa shape index (κ1) is 12.2. The molecule has 0 spiro atoms. The molecule has 15 heavy (non-hydrogen) atoms. The lowest BCUT2D eigenvalue weighted by atomic mass is 10.1. The van der Waals surface area contributed by atoms with Gasteiger partial charge >= 0.3 is 0 Å². The van der Waals surface area contributed by atoms with Gasteiger partial charge in [0.1, 0.15) is 6.26 Å². The molecule has 1 heterocycles. The maximum atomic E-state index is 4.55. The summed E-state index contributed by atoms with van der Waals surface area (Å²) in [4.78, 5) is 0. The van der Waals surface area contributed by atoms with E-state index in [1.54, 1.807) is 6.07 Å². The molecular weight excluding hydrogens is 207 g/mol. The first-order chi connectivity index (χ1) is 7.50. The van der Waals surface area contributed by atoms with Crippen LogP contribution in [0.1, 0.15) is 38.5 Å². The molecule has 2 rings (SSSR count). The van der Waals surface area contributed by atoms with Crippen LogP contribution in [-0.4, -0.2) is 0 Å². The van der Waals surface area contributed by atoms with Gasteiger partial charge in [0.15, 0.2) is 0 Å². The normalized spacial score (nSPS) is 16.0. The summed E-state index contributed by atoms with van der Waals surface area (Å²) in [6, 6.07) is 3.66. The molecule has 3 heteroatoms. The van der Waals surface area contributed by atoms with Crippen molar-refractivity contribution in [2.75, 3.05) is 0 Å². The van der Waals surface area contributed by atoms with E-state index >= 15 is 0 Å². The molecule has 1 aromatic heterocycles. The lowest BCUT2D eigenvalue weighted by molar-refractivity contribution is 0.102. The van der Waals surface area contributed by atoms with E-state index in [2.05, 4.69) is 21.1 Å². The summed E-state index contributed by atoms with van der Waals surface area (Å²) < 4.78 is 9.01. The van der Waals surface area contributed by atoms with Gasteiger partial charge in [-0.1, -0.05) is 31.1 Å². The quantitative estimate of drug-likeness (QED) is 0.463. The minimum atomic E-state index is 0.329. The highest BCUT2D eigenvalue weighted by Crippen LogP contribution is 2.09. The highest BCUT2D eigenvalue weighted by atomic mass is 31.1. The van der Waals surface area contributed by atoms with E-state index < -0.39 is 0 Å². The number of rotatable bonds is 0. The second-order valence-corrected chi connectivity index (χ2v) is 4.18. The Hall–Kier alpha value is -0.880. The van der Waals surface area contributed by atoms with Crippen molar-refractivity contribution in [3.8, 4) is 0 Å². The predicted molar refractivity (Wildman–Crippen MR) is 64.9 cm³/mol. The van der Waals surface area contributed by atoms with Crippen LogP contribution in [0.2, 0.25) is 0 Å². The fraction of sp³-hybridized carbons (Fsp3) is 0.500. The fourth-order valence-corrected chi connectivity index (χ4v) is 1.73. The van der Waals surface area contributed by atoms with E-state index in [0.717, 1.165) is 0 Å². The molecule has 0 aliphatic heterocycles. The lowest BCUT2D eigenvalue weighted by Gasteiger charge is -2.00. The van der Waals surface area contributed by atoms with Gasteiger partial charge in [-0.15, -0.1) is 0 Å². The Morgan fingerprint density at radius 3 is 2.33 bits per heavy atom. The first-order valence-corrected chi connectivity index (χ1v) is 6.53. The van der Waals surface area contributed by atoms with E-state index in [1.165, 1.54) is 44.8 Å². The molecule has 1 atom stereocenters. The molecule has 1 unspecified atom stereocenters. The molecule has 0 amide bonds. The minimum absolute atomic E-state index is 0.329. The molecule has 1 aliphatic rings. The topological polar surface area (TPSA) is 26.3 Å². The summed E-state index contributed by atoms with van der Waals surface area (Å²) in [5, 5.41) is 0. The second-order valence-electron chi connectivity index (χ2n) is 3.45. The van der Waals surface area contributed by atoms with E-state index in [-0.39, 0.29) is 0 Å². The van der Waals surface area contributed by atoms with Crippen LogP contribution in [0.5, 0.6) is 0 Å². The van der Waals surface area contributed by atoms with E-state index in [0.29, 0.717) is 8.43 Å². The van der Waals surface area contributed by atoms with E-state index in [4.69, 9.17) is 0 Å². The van der Waals surface area contributed by atoms with Crippen LogP contribution in [0.15, 0.2) is 45.3 Å². The Morgan fingerprint density at radius 1 is 0.867 bits per heavy atom. The molecule has 1 aliphatic carbocycles. The highest BCUT2D eigenvalue weighted by Gasteiger charge is 1.89. The van der Waals surface area contributed by atoms with Crippen molar-refractivity contribution in [3.63, 3.8) is 0 Å². The lowest BCUT2D eigenvalue weighted by Crippen LogP contribution is -1.80. The molecule has 0 aromatic carbocycles. The molecule has 0 radical (unpaired) electrons. The molecule has 84 valence electrons. The summed E-state index contributed by atoms with van der Waals surface area (Å²) in [5.41, 5.74) is 0. The Labute approximate surface area is 92.8 Å². The molecule has 0 saturated carbocycles. The van der Waals surface area contributed by atoms with Crippen LogP contribution < -0.4 is 0 Å². The summed E-state index contributed by atoms with van der Waals surface area (Å²) in [6.45, 7) is 0.